The van der Waals surface area contributed by atoms with Crippen LogP contribution in [0.25, 0.3) is 0 Å². The highest BCUT2D eigenvalue weighted by Crippen LogP contribution is 2.06. The number of rotatable bonds is 4. The van der Waals surface area contributed by atoms with Crippen molar-refractivity contribution in [3.63, 3.8) is 0 Å². The van der Waals surface area contributed by atoms with E-state index in [2.05, 4.69) is 5.32 Å². The number of amides is 1. The minimum atomic E-state index is -0.263. The Morgan fingerprint density at radius 3 is 2.50 bits per heavy atom. The van der Waals surface area contributed by atoms with E-state index in [1.165, 1.54) is 12.1 Å². The van der Waals surface area contributed by atoms with E-state index in [4.69, 9.17) is 0 Å². The number of benzene rings is 1. The molecule has 0 spiro atoms. The van der Waals surface area contributed by atoms with Crippen LogP contribution in [0.3, 0.4) is 0 Å². The minimum absolute atomic E-state index is 0.0202. The highest BCUT2D eigenvalue weighted by Gasteiger charge is 2.15. The van der Waals surface area contributed by atoms with Gasteiger partial charge in [-0.25, -0.2) is 4.39 Å². The van der Waals surface area contributed by atoms with E-state index in [1.54, 1.807) is 31.1 Å². The highest BCUT2D eigenvalue weighted by atomic mass is 19.1. The second-order valence-corrected chi connectivity index (χ2v) is 3.83. The first-order chi connectivity index (χ1) is 7.54. The van der Waals surface area contributed by atoms with Gasteiger partial charge in [0.15, 0.2) is 0 Å². The molecule has 3 nitrogen and oxygen atoms in total. The van der Waals surface area contributed by atoms with Crippen molar-refractivity contribution in [2.75, 3.05) is 14.1 Å². The van der Waals surface area contributed by atoms with Crippen molar-refractivity contribution in [1.82, 2.24) is 10.2 Å². The molecule has 0 saturated heterocycles. The Hall–Kier alpha value is -1.42. The van der Waals surface area contributed by atoms with Crippen LogP contribution in [0.2, 0.25) is 0 Å². The summed E-state index contributed by atoms with van der Waals surface area (Å²) < 4.78 is 12.7. The third-order valence-electron chi connectivity index (χ3n) is 2.51. The van der Waals surface area contributed by atoms with Crippen LogP contribution in [0, 0.1) is 5.82 Å². The quantitative estimate of drug-likeness (QED) is 0.838. The Balaban J connectivity index is 2.60. The molecule has 0 aliphatic heterocycles. The second-order valence-electron chi connectivity index (χ2n) is 3.83. The lowest BCUT2D eigenvalue weighted by molar-refractivity contribution is -0.132. The van der Waals surface area contributed by atoms with Crippen LogP contribution in [0.1, 0.15) is 12.5 Å². The van der Waals surface area contributed by atoms with E-state index >= 15 is 0 Å². The summed E-state index contributed by atoms with van der Waals surface area (Å²) in [4.78, 5) is 13.4. The molecule has 0 aliphatic carbocycles. The lowest BCUT2D eigenvalue weighted by atomic mass is 10.2. The summed E-state index contributed by atoms with van der Waals surface area (Å²) in [5.41, 5.74) is 0.917. The predicted molar refractivity (Wildman–Crippen MR) is 61.4 cm³/mol. The normalized spacial score (nSPS) is 12.2. The Labute approximate surface area is 95.3 Å². The van der Waals surface area contributed by atoms with E-state index in [0.29, 0.717) is 6.54 Å². The van der Waals surface area contributed by atoms with Gasteiger partial charge in [-0.3, -0.25) is 4.79 Å². The van der Waals surface area contributed by atoms with E-state index < -0.39 is 0 Å². The van der Waals surface area contributed by atoms with Crippen molar-refractivity contribution in [2.24, 2.45) is 0 Å². The number of hydrogen-bond donors (Lipinski definition) is 1. The third-order valence-corrected chi connectivity index (χ3v) is 2.51. The molecule has 16 heavy (non-hydrogen) atoms. The molecule has 1 unspecified atom stereocenters. The van der Waals surface area contributed by atoms with Gasteiger partial charge in [-0.1, -0.05) is 12.1 Å². The molecule has 1 atom stereocenters. The van der Waals surface area contributed by atoms with Crippen LogP contribution in [-0.4, -0.2) is 30.9 Å². The van der Waals surface area contributed by atoms with Crippen LogP contribution in [0.5, 0.6) is 0 Å². The molecule has 0 heterocycles. The van der Waals surface area contributed by atoms with Gasteiger partial charge in [-0.2, -0.15) is 0 Å². The number of likely N-dealkylation sites (N-methyl/N-ethyl adjacent to an activating group) is 2. The van der Waals surface area contributed by atoms with Gasteiger partial charge in [-0.15, -0.1) is 0 Å². The van der Waals surface area contributed by atoms with Gasteiger partial charge in [0.2, 0.25) is 5.91 Å². The van der Waals surface area contributed by atoms with Crippen LogP contribution >= 0.6 is 0 Å². The molecule has 1 aromatic rings. The van der Waals surface area contributed by atoms with Gasteiger partial charge in [0.25, 0.3) is 0 Å². The van der Waals surface area contributed by atoms with Crippen molar-refractivity contribution in [2.45, 2.75) is 19.5 Å². The predicted octanol–water partition coefficient (Wildman–Crippen LogP) is 1.39. The van der Waals surface area contributed by atoms with Crippen LogP contribution in [-0.2, 0) is 11.3 Å². The number of nitrogens with zero attached hydrogens (tertiary/aromatic N) is 1. The Morgan fingerprint density at radius 1 is 1.44 bits per heavy atom. The zero-order valence-corrected chi connectivity index (χ0v) is 9.83. The smallest absolute Gasteiger partial charge is 0.239 e. The van der Waals surface area contributed by atoms with E-state index in [-0.39, 0.29) is 17.8 Å². The maximum atomic E-state index is 12.7. The van der Waals surface area contributed by atoms with Gasteiger partial charge in [0.1, 0.15) is 5.82 Å². The van der Waals surface area contributed by atoms with Crippen LogP contribution in [0.15, 0.2) is 24.3 Å². The van der Waals surface area contributed by atoms with Crippen molar-refractivity contribution in [3.8, 4) is 0 Å². The van der Waals surface area contributed by atoms with Crippen molar-refractivity contribution >= 4 is 5.91 Å². The molecular weight excluding hydrogens is 207 g/mol. The molecule has 1 aromatic carbocycles. The van der Waals surface area contributed by atoms with Gasteiger partial charge in [0.05, 0.1) is 6.04 Å². The lowest BCUT2D eigenvalue weighted by Crippen LogP contribution is -2.41. The van der Waals surface area contributed by atoms with Gasteiger partial charge < -0.3 is 10.2 Å². The molecule has 0 radical (unpaired) electrons. The fourth-order valence-corrected chi connectivity index (χ4v) is 1.40. The van der Waals surface area contributed by atoms with Crippen LogP contribution in [0.4, 0.5) is 4.39 Å². The molecule has 1 rings (SSSR count). The number of nitrogens with one attached hydrogen (secondary N) is 1. The average Bonchev–Trinajstić information content (AvgIpc) is 2.30. The van der Waals surface area contributed by atoms with Gasteiger partial charge >= 0.3 is 0 Å². The maximum Gasteiger partial charge on any atom is 0.239 e. The van der Waals surface area contributed by atoms with E-state index in [0.717, 1.165) is 5.56 Å². The van der Waals surface area contributed by atoms with Crippen molar-refractivity contribution < 1.29 is 9.18 Å². The maximum absolute atomic E-state index is 12.7. The third kappa shape index (κ3) is 3.31. The fraction of sp³-hybridized carbons (Fsp3) is 0.417. The van der Waals surface area contributed by atoms with Gasteiger partial charge in [0, 0.05) is 13.6 Å². The summed E-state index contributed by atoms with van der Waals surface area (Å²) in [6, 6.07) is 5.96. The standard InChI is InChI=1S/C12H17FN2O/c1-9(14-2)12(16)15(3)8-10-4-6-11(13)7-5-10/h4-7,9,14H,8H2,1-3H3. The average molecular weight is 224 g/mol. The molecule has 0 fully saturated rings. The molecule has 0 aromatic heterocycles. The van der Waals surface area contributed by atoms with Crippen LogP contribution < -0.4 is 5.32 Å². The Bertz CT molecular complexity index is 351. The zero-order chi connectivity index (χ0) is 12.1. The number of carbonyl (C=O) groups is 1. The first kappa shape index (κ1) is 12.6. The van der Waals surface area contributed by atoms with Gasteiger partial charge in [-0.05, 0) is 31.7 Å². The van der Waals surface area contributed by atoms with E-state index in [1.807, 2.05) is 6.92 Å². The summed E-state index contributed by atoms with van der Waals surface area (Å²) in [6.45, 7) is 2.30. The second kappa shape index (κ2) is 5.61. The topological polar surface area (TPSA) is 32.3 Å². The molecule has 0 aliphatic rings. The minimum Gasteiger partial charge on any atom is -0.340 e. The first-order valence-corrected chi connectivity index (χ1v) is 5.21. The highest BCUT2D eigenvalue weighted by molar-refractivity contribution is 5.81. The summed E-state index contributed by atoms with van der Waals surface area (Å²) >= 11 is 0. The molecule has 1 amide bonds. The monoisotopic (exact) mass is 224 g/mol. The van der Waals surface area contributed by atoms with Crippen molar-refractivity contribution in [3.05, 3.63) is 35.6 Å². The fourth-order valence-electron chi connectivity index (χ4n) is 1.40. The summed E-state index contributed by atoms with van der Waals surface area (Å²) in [5.74, 6) is -0.242. The summed E-state index contributed by atoms with van der Waals surface area (Å²) in [5, 5.41) is 2.89. The Morgan fingerprint density at radius 2 is 2.00 bits per heavy atom. The van der Waals surface area contributed by atoms with E-state index in [9.17, 15) is 9.18 Å². The molecular formula is C12H17FN2O. The van der Waals surface area contributed by atoms with Crippen molar-refractivity contribution in [1.29, 1.82) is 0 Å². The zero-order valence-electron chi connectivity index (χ0n) is 9.83. The summed E-state index contributed by atoms with van der Waals surface area (Å²) in [6.07, 6.45) is 0. The molecule has 88 valence electrons. The number of hydrogen-bond acceptors (Lipinski definition) is 2. The SMILES string of the molecule is CNC(C)C(=O)N(C)Cc1ccc(F)cc1. The summed E-state index contributed by atoms with van der Waals surface area (Å²) in [7, 11) is 3.48. The molecule has 4 heteroatoms. The Kier molecular flexibility index (Phi) is 4.43. The molecule has 0 bridgehead atoms. The lowest BCUT2D eigenvalue weighted by Gasteiger charge is -2.21. The number of halogens is 1. The first-order valence-electron chi connectivity index (χ1n) is 5.21. The largest absolute Gasteiger partial charge is 0.340 e. The number of carbonyl (C=O) groups excluding carboxylic acids is 1. The molecule has 0 saturated carbocycles. The molecule has 1 N–H and O–H groups in total.